The van der Waals surface area contributed by atoms with Crippen molar-refractivity contribution in [3.63, 3.8) is 0 Å². The minimum Gasteiger partial charge on any atom is -0.211 e. The molecule has 0 spiro atoms. The average Bonchev–Trinajstić information content (AvgIpc) is 2.86. The Bertz CT molecular complexity index is 417. The summed E-state index contributed by atoms with van der Waals surface area (Å²) in [7, 11) is 0. The smallest absolute Gasteiger partial charge is 0.211 e. The molecule has 2 rings (SSSR count). The Morgan fingerprint density at radius 2 is 2.21 bits per heavy atom. The van der Waals surface area contributed by atoms with Gasteiger partial charge in [0.05, 0.1) is 5.54 Å². The molecular formula is C11H10BrNO. The molecule has 0 N–H and O–H groups in total. The van der Waals surface area contributed by atoms with Gasteiger partial charge in [-0.15, -0.1) is 0 Å². The van der Waals surface area contributed by atoms with Crippen LogP contribution in [0.5, 0.6) is 0 Å². The summed E-state index contributed by atoms with van der Waals surface area (Å²) in [6, 6.07) is 6.13. The van der Waals surface area contributed by atoms with Gasteiger partial charge < -0.3 is 0 Å². The molecule has 0 amide bonds. The fourth-order valence-electron chi connectivity index (χ4n) is 1.64. The fourth-order valence-corrected chi connectivity index (χ4v) is 2.51. The number of aryl methyl sites for hydroxylation is 1. The standard InChI is InChI=1S/C11H10BrNO/c1-8-2-3-9(10(12)6-8)11(4-5-11)13-7-14/h2-3,6H,4-5H2,1H3. The minimum absolute atomic E-state index is 0.270. The summed E-state index contributed by atoms with van der Waals surface area (Å²) in [6.07, 6.45) is 3.56. The van der Waals surface area contributed by atoms with Crippen LogP contribution in [0.15, 0.2) is 27.7 Å². The third-order valence-corrected chi connectivity index (χ3v) is 3.27. The molecule has 0 saturated heterocycles. The first-order valence-electron chi connectivity index (χ1n) is 4.54. The summed E-state index contributed by atoms with van der Waals surface area (Å²) in [5, 5.41) is 0. The minimum atomic E-state index is -0.270. The second kappa shape index (κ2) is 3.34. The van der Waals surface area contributed by atoms with E-state index < -0.39 is 0 Å². The Morgan fingerprint density at radius 3 is 2.71 bits per heavy atom. The molecule has 0 heterocycles. The molecule has 1 aromatic carbocycles. The highest BCUT2D eigenvalue weighted by atomic mass is 79.9. The van der Waals surface area contributed by atoms with E-state index in [-0.39, 0.29) is 5.54 Å². The van der Waals surface area contributed by atoms with E-state index in [0.29, 0.717) is 0 Å². The van der Waals surface area contributed by atoms with Gasteiger partial charge in [-0.05, 0) is 37.0 Å². The molecule has 0 unspecified atom stereocenters. The Hall–Kier alpha value is -0.920. The molecule has 1 aliphatic rings. The van der Waals surface area contributed by atoms with E-state index in [9.17, 15) is 4.79 Å². The maximum absolute atomic E-state index is 10.3. The summed E-state index contributed by atoms with van der Waals surface area (Å²) in [5.74, 6) is 0. The zero-order chi connectivity index (χ0) is 10.2. The maximum atomic E-state index is 10.3. The quantitative estimate of drug-likeness (QED) is 0.587. The van der Waals surface area contributed by atoms with E-state index in [1.807, 2.05) is 19.1 Å². The second-order valence-electron chi connectivity index (χ2n) is 3.72. The zero-order valence-corrected chi connectivity index (χ0v) is 9.47. The molecule has 14 heavy (non-hydrogen) atoms. The van der Waals surface area contributed by atoms with Gasteiger partial charge >= 0.3 is 0 Å². The van der Waals surface area contributed by atoms with Crippen LogP contribution in [0.3, 0.4) is 0 Å². The number of carbonyl (C=O) groups excluding carboxylic acids is 1. The highest BCUT2D eigenvalue weighted by Crippen LogP contribution is 2.51. The van der Waals surface area contributed by atoms with Gasteiger partial charge in [-0.2, -0.15) is 4.99 Å². The van der Waals surface area contributed by atoms with E-state index in [4.69, 9.17) is 0 Å². The van der Waals surface area contributed by atoms with Crippen molar-refractivity contribution in [2.75, 3.05) is 0 Å². The maximum Gasteiger partial charge on any atom is 0.235 e. The van der Waals surface area contributed by atoms with Gasteiger partial charge in [0.2, 0.25) is 6.08 Å². The number of halogens is 1. The molecule has 0 radical (unpaired) electrons. The van der Waals surface area contributed by atoms with Crippen LogP contribution in [0.2, 0.25) is 0 Å². The molecule has 0 aromatic heterocycles. The molecule has 1 saturated carbocycles. The van der Waals surface area contributed by atoms with Gasteiger partial charge in [0.1, 0.15) is 0 Å². The predicted octanol–water partition coefficient (Wildman–Crippen LogP) is 3.08. The van der Waals surface area contributed by atoms with Crippen molar-refractivity contribution in [2.24, 2.45) is 4.99 Å². The number of aliphatic imine (C=N–C) groups is 1. The van der Waals surface area contributed by atoms with Crippen LogP contribution in [-0.4, -0.2) is 6.08 Å². The highest BCUT2D eigenvalue weighted by Gasteiger charge is 2.45. The Morgan fingerprint density at radius 1 is 1.50 bits per heavy atom. The van der Waals surface area contributed by atoms with Gasteiger partial charge in [-0.1, -0.05) is 28.1 Å². The molecule has 2 nitrogen and oxygen atoms in total. The molecule has 72 valence electrons. The van der Waals surface area contributed by atoms with E-state index >= 15 is 0 Å². The molecule has 0 aliphatic heterocycles. The summed E-state index contributed by atoms with van der Waals surface area (Å²) in [4.78, 5) is 14.2. The molecule has 1 fully saturated rings. The number of isocyanates is 1. The predicted molar refractivity (Wildman–Crippen MR) is 57.9 cm³/mol. The van der Waals surface area contributed by atoms with Crippen molar-refractivity contribution in [1.82, 2.24) is 0 Å². The number of hydrogen-bond donors (Lipinski definition) is 0. The third-order valence-electron chi connectivity index (χ3n) is 2.61. The van der Waals surface area contributed by atoms with Crippen LogP contribution < -0.4 is 0 Å². The summed E-state index contributed by atoms with van der Waals surface area (Å²) in [5.41, 5.74) is 2.03. The summed E-state index contributed by atoms with van der Waals surface area (Å²) < 4.78 is 1.04. The van der Waals surface area contributed by atoms with Crippen molar-refractivity contribution in [2.45, 2.75) is 25.3 Å². The van der Waals surface area contributed by atoms with Crippen molar-refractivity contribution < 1.29 is 4.79 Å². The lowest BCUT2D eigenvalue weighted by Crippen LogP contribution is -2.03. The van der Waals surface area contributed by atoms with E-state index in [1.54, 1.807) is 6.08 Å². The SMILES string of the molecule is Cc1ccc(C2(N=C=O)CC2)c(Br)c1. The molecule has 3 heteroatoms. The van der Waals surface area contributed by atoms with Crippen LogP contribution in [0.4, 0.5) is 0 Å². The molecular weight excluding hydrogens is 242 g/mol. The normalized spacial score (nSPS) is 17.3. The van der Waals surface area contributed by atoms with Gasteiger partial charge in [0.15, 0.2) is 0 Å². The van der Waals surface area contributed by atoms with Gasteiger partial charge in [-0.25, -0.2) is 4.79 Å². The fraction of sp³-hybridized carbons (Fsp3) is 0.364. The van der Waals surface area contributed by atoms with Gasteiger partial charge in [0.25, 0.3) is 0 Å². The second-order valence-corrected chi connectivity index (χ2v) is 4.57. The van der Waals surface area contributed by atoms with E-state index in [1.165, 1.54) is 5.56 Å². The van der Waals surface area contributed by atoms with E-state index in [2.05, 4.69) is 27.0 Å². The zero-order valence-electron chi connectivity index (χ0n) is 7.88. The highest BCUT2D eigenvalue weighted by molar-refractivity contribution is 9.10. The number of nitrogens with zero attached hydrogens (tertiary/aromatic N) is 1. The number of hydrogen-bond acceptors (Lipinski definition) is 2. The van der Waals surface area contributed by atoms with Crippen LogP contribution in [0.1, 0.15) is 24.0 Å². The first-order valence-corrected chi connectivity index (χ1v) is 5.33. The monoisotopic (exact) mass is 251 g/mol. The third kappa shape index (κ3) is 1.54. The Kier molecular flexibility index (Phi) is 2.30. The van der Waals surface area contributed by atoms with Crippen molar-refractivity contribution in [1.29, 1.82) is 0 Å². The van der Waals surface area contributed by atoms with Crippen molar-refractivity contribution >= 4 is 22.0 Å². The summed E-state index contributed by atoms with van der Waals surface area (Å²) >= 11 is 3.50. The molecule has 0 bridgehead atoms. The van der Waals surface area contributed by atoms with Crippen LogP contribution in [-0.2, 0) is 10.3 Å². The first-order chi connectivity index (χ1) is 6.68. The molecule has 1 aromatic rings. The first kappa shape index (κ1) is 9.63. The van der Waals surface area contributed by atoms with Gasteiger partial charge in [0, 0.05) is 4.47 Å². The lowest BCUT2D eigenvalue weighted by molar-refractivity contribution is 0.556. The topological polar surface area (TPSA) is 29.4 Å². The van der Waals surface area contributed by atoms with Crippen LogP contribution in [0.25, 0.3) is 0 Å². The van der Waals surface area contributed by atoms with Crippen LogP contribution in [0, 0.1) is 6.92 Å². The Labute approximate surface area is 91.2 Å². The van der Waals surface area contributed by atoms with Crippen LogP contribution >= 0.6 is 15.9 Å². The molecule has 0 atom stereocenters. The largest absolute Gasteiger partial charge is 0.235 e. The van der Waals surface area contributed by atoms with Crippen molar-refractivity contribution in [3.05, 3.63) is 33.8 Å². The number of benzene rings is 1. The number of rotatable bonds is 2. The lowest BCUT2D eigenvalue weighted by Gasteiger charge is -2.10. The molecule has 1 aliphatic carbocycles. The lowest BCUT2D eigenvalue weighted by atomic mass is 10.0. The summed E-state index contributed by atoms with van der Waals surface area (Å²) in [6.45, 7) is 2.04. The van der Waals surface area contributed by atoms with Crippen molar-refractivity contribution in [3.8, 4) is 0 Å². The van der Waals surface area contributed by atoms with E-state index in [0.717, 1.165) is 22.9 Å². The average molecular weight is 252 g/mol. The Balaban J connectivity index is 2.47. The van der Waals surface area contributed by atoms with Gasteiger partial charge in [-0.3, -0.25) is 0 Å².